The molecule has 1 fully saturated rings. The van der Waals surface area contributed by atoms with Gasteiger partial charge in [0.1, 0.15) is 0 Å². The van der Waals surface area contributed by atoms with E-state index < -0.39 is 0 Å². The van der Waals surface area contributed by atoms with Gasteiger partial charge in [0.05, 0.1) is 20.3 Å². The molecule has 0 amide bonds. The number of hydrogen-bond acceptors (Lipinski definition) is 5. The summed E-state index contributed by atoms with van der Waals surface area (Å²) >= 11 is 0. The first-order chi connectivity index (χ1) is 11.8. The molecule has 2 rings (SSSR count). The van der Waals surface area contributed by atoms with Crippen molar-refractivity contribution >= 4 is 5.96 Å². The van der Waals surface area contributed by atoms with Gasteiger partial charge in [-0.15, -0.1) is 0 Å². The summed E-state index contributed by atoms with van der Waals surface area (Å²) < 4.78 is 16.3. The van der Waals surface area contributed by atoms with Gasteiger partial charge in [0, 0.05) is 51.0 Å². The number of aliphatic imine (C=N–C) groups is 1. The van der Waals surface area contributed by atoms with Gasteiger partial charge >= 0.3 is 0 Å². The van der Waals surface area contributed by atoms with Crippen LogP contribution >= 0.6 is 0 Å². The van der Waals surface area contributed by atoms with Crippen LogP contribution in [0.25, 0.3) is 0 Å². The number of methoxy groups -OCH3 is 1. The Bertz CT molecular complexity index is 504. The largest absolute Gasteiger partial charge is 0.481 e. The lowest BCUT2D eigenvalue weighted by atomic mass is 10.1. The summed E-state index contributed by atoms with van der Waals surface area (Å²) in [6.45, 7) is 4.68. The Labute approximate surface area is 143 Å². The second kappa shape index (κ2) is 10.8. The number of ether oxygens (including phenoxy) is 3. The fourth-order valence-electron chi connectivity index (χ4n) is 2.49. The summed E-state index contributed by atoms with van der Waals surface area (Å²) in [5.41, 5.74) is 0.991. The number of nitrogens with one attached hydrogen (secondary N) is 2. The lowest BCUT2D eigenvalue weighted by molar-refractivity contribution is 0.0888. The van der Waals surface area contributed by atoms with Crippen LogP contribution in [-0.4, -0.2) is 58.1 Å². The van der Waals surface area contributed by atoms with E-state index in [9.17, 15) is 0 Å². The Kier molecular flexibility index (Phi) is 8.34. The van der Waals surface area contributed by atoms with Gasteiger partial charge in [-0.1, -0.05) is 6.07 Å². The molecule has 1 aromatic heterocycles. The van der Waals surface area contributed by atoms with Crippen molar-refractivity contribution in [3.05, 3.63) is 23.9 Å². The van der Waals surface area contributed by atoms with Crippen LogP contribution in [0.5, 0.6) is 5.88 Å². The van der Waals surface area contributed by atoms with Crippen LogP contribution in [0.4, 0.5) is 0 Å². The maximum Gasteiger partial charge on any atom is 0.218 e. The maximum atomic E-state index is 5.69. The van der Waals surface area contributed by atoms with Crippen LogP contribution in [0, 0.1) is 5.92 Å². The van der Waals surface area contributed by atoms with Crippen LogP contribution in [-0.2, 0) is 16.0 Å². The second-order valence-corrected chi connectivity index (χ2v) is 5.68. The van der Waals surface area contributed by atoms with E-state index >= 15 is 0 Å². The Balaban J connectivity index is 1.58. The summed E-state index contributed by atoms with van der Waals surface area (Å²) in [4.78, 5) is 8.40. The van der Waals surface area contributed by atoms with Gasteiger partial charge in [-0.25, -0.2) is 4.98 Å². The topological polar surface area (TPSA) is 77.0 Å². The Morgan fingerprint density at radius 3 is 3.12 bits per heavy atom. The molecule has 0 aromatic carbocycles. The number of nitrogens with zero attached hydrogens (tertiary/aromatic N) is 2. The van der Waals surface area contributed by atoms with E-state index in [1.807, 2.05) is 12.1 Å². The molecule has 134 valence electrons. The van der Waals surface area contributed by atoms with Crippen molar-refractivity contribution in [1.82, 2.24) is 15.6 Å². The Morgan fingerprint density at radius 1 is 1.46 bits per heavy atom. The molecular formula is C17H28N4O3. The number of hydrogen-bond donors (Lipinski definition) is 2. The SMILES string of the molecule is CN=C(NCCCOCC1CCOC1)NCc1cccnc1OC. The molecule has 2 N–H and O–H groups in total. The molecule has 1 atom stereocenters. The molecule has 1 aliphatic rings. The normalized spacial score (nSPS) is 17.8. The average Bonchev–Trinajstić information content (AvgIpc) is 3.14. The monoisotopic (exact) mass is 336 g/mol. The summed E-state index contributed by atoms with van der Waals surface area (Å²) in [7, 11) is 3.38. The number of guanidine groups is 1. The number of pyridine rings is 1. The molecule has 0 radical (unpaired) electrons. The predicted octanol–water partition coefficient (Wildman–Crippen LogP) is 1.20. The van der Waals surface area contributed by atoms with Gasteiger partial charge in [-0.2, -0.15) is 0 Å². The second-order valence-electron chi connectivity index (χ2n) is 5.68. The smallest absolute Gasteiger partial charge is 0.218 e. The minimum absolute atomic E-state index is 0.571. The van der Waals surface area contributed by atoms with E-state index in [1.54, 1.807) is 20.4 Å². The predicted molar refractivity (Wildman–Crippen MR) is 93.4 cm³/mol. The zero-order valence-corrected chi connectivity index (χ0v) is 14.6. The van der Waals surface area contributed by atoms with Crippen molar-refractivity contribution in [1.29, 1.82) is 0 Å². The van der Waals surface area contributed by atoms with Crippen molar-refractivity contribution in [2.75, 3.05) is 47.1 Å². The Morgan fingerprint density at radius 2 is 2.38 bits per heavy atom. The van der Waals surface area contributed by atoms with Crippen molar-refractivity contribution in [3.8, 4) is 5.88 Å². The third kappa shape index (κ3) is 6.33. The molecule has 0 spiro atoms. The average molecular weight is 336 g/mol. The highest BCUT2D eigenvalue weighted by atomic mass is 16.5. The van der Waals surface area contributed by atoms with E-state index in [-0.39, 0.29) is 0 Å². The maximum absolute atomic E-state index is 5.69. The molecule has 1 saturated heterocycles. The van der Waals surface area contributed by atoms with Gasteiger partial charge in [0.25, 0.3) is 0 Å². The van der Waals surface area contributed by atoms with Crippen molar-refractivity contribution in [3.63, 3.8) is 0 Å². The third-order valence-electron chi connectivity index (χ3n) is 3.85. The quantitative estimate of drug-likeness (QED) is 0.401. The number of aromatic nitrogens is 1. The molecule has 1 unspecified atom stereocenters. The molecule has 1 aliphatic heterocycles. The van der Waals surface area contributed by atoms with E-state index in [0.717, 1.165) is 57.3 Å². The van der Waals surface area contributed by atoms with Crippen molar-refractivity contribution in [2.24, 2.45) is 10.9 Å². The van der Waals surface area contributed by atoms with Crippen LogP contribution < -0.4 is 15.4 Å². The molecule has 7 heteroatoms. The van der Waals surface area contributed by atoms with Crippen molar-refractivity contribution < 1.29 is 14.2 Å². The Hall–Kier alpha value is -1.86. The van der Waals surface area contributed by atoms with Gasteiger partial charge in [-0.3, -0.25) is 4.99 Å². The molecule has 24 heavy (non-hydrogen) atoms. The van der Waals surface area contributed by atoms with E-state index in [1.165, 1.54) is 0 Å². The van der Waals surface area contributed by atoms with Crippen LogP contribution in [0.15, 0.2) is 23.3 Å². The molecule has 0 bridgehead atoms. The molecule has 2 heterocycles. The van der Waals surface area contributed by atoms with Crippen LogP contribution in [0.1, 0.15) is 18.4 Å². The first-order valence-electron chi connectivity index (χ1n) is 8.41. The van der Waals surface area contributed by atoms with Crippen molar-refractivity contribution in [2.45, 2.75) is 19.4 Å². The summed E-state index contributed by atoms with van der Waals surface area (Å²) in [6.07, 6.45) is 3.77. The van der Waals surface area contributed by atoms with Gasteiger partial charge < -0.3 is 24.8 Å². The van der Waals surface area contributed by atoms with Crippen LogP contribution in [0.3, 0.4) is 0 Å². The fourth-order valence-corrected chi connectivity index (χ4v) is 2.49. The minimum atomic E-state index is 0.571. The van der Waals surface area contributed by atoms with E-state index in [4.69, 9.17) is 14.2 Å². The standard InChI is InChI=1S/C17H28N4O3/c1-18-17(21-11-15-5-3-7-19-16(15)22-2)20-8-4-9-23-12-14-6-10-24-13-14/h3,5,7,14H,4,6,8-13H2,1-2H3,(H2,18,20,21). The molecule has 0 saturated carbocycles. The highest BCUT2D eigenvalue weighted by Crippen LogP contribution is 2.13. The fraction of sp³-hybridized carbons (Fsp3) is 0.647. The third-order valence-corrected chi connectivity index (χ3v) is 3.85. The van der Waals surface area contributed by atoms with Gasteiger partial charge in [-0.05, 0) is 18.9 Å². The molecule has 0 aliphatic carbocycles. The molecular weight excluding hydrogens is 308 g/mol. The summed E-state index contributed by atoms with van der Waals surface area (Å²) in [6, 6.07) is 3.87. The zero-order valence-electron chi connectivity index (χ0n) is 14.6. The van der Waals surface area contributed by atoms with Gasteiger partial charge in [0.2, 0.25) is 5.88 Å². The number of rotatable bonds is 9. The first-order valence-corrected chi connectivity index (χ1v) is 8.41. The van der Waals surface area contributed by atoms with E-state index in [2.05, 4.69) is 20.6 Å². The zero-order chi connectivity index (χ0) is 17.0. The highest BCUT2D eigenvalue weighted by molar-refractivity contribution is 5.79. The highest BCUT2D eigenvalue weighted by Gasteiger charge is 2.15. The van der Waals surface area contributed by atoms with Gasteiger partial charge in [0.15, 0.2) is 5.96 Å². The summed E-state index contributed by atoms with van der Waals surface area (Å²) in [5.74, 6) is 1.96. The van der Waals surface area contributed by atoms with Crippen LogP contribution in [0.2, 0.25) is 0 Å². The summed E-state index contributed by atoms with van der Waals surface area (Å²) in [5, 5.41) is 6.54. The first kappa shape index (κ1) is 18.5. The molecule has 1 aromatic rings. The lowest BCUT2D eigenvalue weighted by Crippen LogP contribution is -2.37. The molecule has 7 nitrogen and oxygen atoms in total. The minimum Gasteiger partial charge on any atom is -0.481 e. The van der Waals surface area contributed by atoms with E-state index in [0.29, 0.717) is 18.3 Å². The lowest BCUT2D eigenvalue weighted by Gasteiger charge is -2.13.